The summed E-state index contributed by atoms with van der Waals surface area (Å²) in [5.74, 6) is -0.286. The number of rotatable bonds is 5. The van der Waals surface area contributed by atoms with Gasteiger partial charge in [0.1, 0.15) is 0 Å². The van der Waals surface area contributed by atoms with E-state index < -0.39 is 0 Å². The standard InChI is InChI=1S/C20H24N2O2/c1-24-20(23)18-9-7-17(8-10-18)14-22-12-11-21-19(15-22)13-16-5-3-2-4-6-16/h2-10,19,21H,11-15H2,1H3. The first-order valence-electron chi connectivity index (χ1n) is 8.41. The largest absolute Gasteiger partial charge is 0.465 e. The number of carbonyl (C=O) groups excluding carboxylic acids is 1. The van der Waals surface area contributed by atoms with Crippen LogP contribution in [0.25, 0.3) is 0 Å². The fourth-order valence-corrected chi connectivity index (χ4v) is 3.20. The van der Waals surface area contributed by atoms with Crippen LogP contribution in [0.3, 0.4) is 0 Å². The van der Waals surface area contributed by atoms with Crippen LogP contribution in [-0.4, -0.2) is 43.7 Å². The molecule has 3 rings (SSSR count). The first-order chi connectivity index (χ1) is 11.7. The van der Waals surface area contributed by atoms with Crippen molar-refractivity contribution in [2.75, 3.05) is 26.7 Å². The van der Waals surface area contributed by atoms with Crippen LogP contribution in [0.2, 0.25) is 0 Å². The Balaban J connectivity index is 1.56. The van der Waals surface area contributed by atoms with Gasteiger partial charge in [-0.2, -0.15) is 0 Å². The third-order valence-electron chi connectivity index (χ3n) is 4.45. The highest BCUT2D eigenvalue weighted by atomic mass is 16.5. The normalized spacial score (nSPS) is 18.3. The Hall–Kier alpha value is -2.17. The summed E-state index contributed by atoms with van der Waals surface area (Å²) in [7, 11) is 1.41. The first-order valence-corrected chi connectivity index (χ1v) is 8.41. The molecule has 1 aliphatic heterocycles. The number of hydrogen-bond acceptors (Lipinski definition) is 4. The second-order valence-corrected chi connectivity index (χ2v) is 6.26. The highest BCUT2D eigenvalue weighted by Crippen LogP contribution is 2.12. The predicted molar refractivity (Wildman–Crippen MR) is 95.0 cm³/mol. The predicted octanol–water partition coefficient (Wildman–Crippen LogP) is 2.49. The van der Waals surface area contributed by atoms with Crippen molar-refractivity contribution < 1.29 is 9.53 Å². The van der Waals surface area contributed by atoms with Crippen LogP contribution in [0.15, 0.2) is 54.6 Å². The molecule has 1 saturated heterocycles. The molecule has 0 bridgehead atoms. The Morgan fingerprint density at radius 3 is 2.58 bits per heavy atom. The summed E-state index contributed by atoms with van der Waals surface area (Å²) in [4.78, 5) is 14.0. The molecule has 0 radical (unpaired) electrons. The van der Waals surface area contributed by atoms with E-state index in [0.717, 1.165) is 32.6 Å². The Bertz CT molecular complexity index is 655. The molecular formula is C20H24N2O2. The molecule has 0 aliphatic carbocycles. The van der Waals surface area contributed by atoms with E-state index in [4.69, 9.17) is 4.74 Å². The molecule has 1 heterocycles. The van der Waals surface area contributed by atoms with Crippen molar-refractivity contribution in [2.45, 2.75) is 19.0 Å². The molecule has 24 heavy (non-hydrogen) atoms. The summed E-state index contributed by atoms with van der Waals surface area (Å²) in [6.07, 6.45) is 1.05. The molecule has 2 aromatic carbocycles. The van der Waals surface area contributed by atoms with Gasteiger partial charge in [0.05, 0.1) is 12.7 Å². The second kappa shape index (κ2) is 8.08. The molecule has 2 aromatic rings. The van der Waals surface area contributed by atoms with Crippen molar-refractivity contribution in [1.82, 2.24) is 10.2 Å². The maximum absolute atomic E-state index is 11.5. The van der Waals surface area contributed by atoms with Gasteiger partial charge in [-0.25, -0.2) is 4.79 Å². The van der Waals surface area contributed by atoms with Crippen molar-refractivity contribution in [1.29, 1.82) is 0 Å². The van der Waals surface area contributed by atoms with Crippen molar-refractivity contribution >= 4 is 5.97 Å². The van der Waals surface area contributed by atoms with Gasteiger partial charge < -0.3 is 10.1 Å². The lowest BCUT2D eigenvalue weighted by atomic mass is 10.0. The molecule has 1 atom stereocenters. The highest BCUT2D eigenvalue weighted by Gasteiger charge is 2.19. The molecule has 0 saturated carbocycles. The van der Waals surface area contributed by atoms with Gasteiger partial charge in [-0.05, 0) is 29.7 Å². The summed E-state index contributed by atoms with van der Waals surface area (Å²) >= 11 is 0. The second-order valence-electron chi connectivity index (χ2n) is 6.26. The molecule has 1 fully saturated rings. The van der Waals surface area contributed by atoms with Crippen LogP contribution < -0.4 is 5.32 Å². The van der Waals surface area contributed by atoms with Gasteiger partial charge in [0.2, 0.25) is 0 Å². The van der Waals surface area contributed by atoms with Crippen LogP contribution in [0, 0.1) is 0 Å². The van der Waals surface area contributed by atoms with Crippen molar-refractivity contribution in [3.8, 4) is 0 Å². The van der Waals surface area contributed by atoms with Crippen LogP contribution in [0.4, 0.5) is 0 Å². The number of piperazine rings is 1. The van der Waals surface area contributed by atoms with Gasteiger partial charge in [-0.15, -0.1) is 0 Å². The third kappa shape index (κ3) is 4.43. The molecular weight excluding hydrogens is 300 g/mol. The summed E-state index contributed by atoms with van der Waals surface area (Å²) in [5.41, 5.74) is 3.20. The van der Waals surface area contributed by atoms with Crippen LogP contribution in [-0.2, 0) is 17.7 Å². The Labute approximate surface area is 143 Å². The van der Waals surface area contributed by atoms with Crippen LogP contribution in [0.5, 0.6) is 0 Å². The minimum Gasteiger partial charge on any atom is -0.465 e. The van der Waals surface area contributed by atoms with E-state index in [0.29, 0.717) is 11.6 Å². The average Bonchev–Trinajstić information content (AvgIpc) is 2.63. The summed E-state index contributed by atoms with van der Waals surface area (Å²) in [5, 5.41) is 3.61. The van der Waals surface area contributed by atoms with E-state index in [9.17, 15) is 4.79 Å². The van der Waals surface area contributed by atoms with Gasteiger partial charge in [0, 0.05) is 32.2 Å². The number of carbonyl (C=O) groups is 1. The molecule has 1 unspecified atom stereocenters. The SMILES string of the molecule is COC(=O)c1ccc(CN2CCNC(Cc3ccccc3)C2)cc1. The first kappa shape index (κ1) is 16.7. The maximum atomic E-state index is 11.5. The van der Waals surface area contributed by atoms with Crippen LogP contribution >= 0.6 is 0 Å². The molecule has 4 nitrogen and oxygen atoms in total. The molecule has 0 aromatic heterocycles. The smallest absolute Gasteiger partial charge is 0.337 e. The molecule has 1 N–H and O–H groups in total. The van der Waals surface area contributed by atoms with E-state index in [-0.39, 0.29) is 5.97 Å². The number of ether oxygens (including phenoxy) is 1. The molecule has 0 spiro atoms. The summed E-state index contributed by atoms with van der Waals surface area (Å²) in [6, 6.07) is 18.8. The number of benzene rings is 2. The van der Waals surface area contributed by atoms with E-state index in [1.165, 1.54) is 18.2 Å². The van der Waals surface area contributed by atoms with Gasteiger partial charge in [0.25, 0.3) is 0 Å². The minimum atomic E-state index is -0.286. The molecule has 126 valence electrons. The van der Waals surface area contributed by atoms with Crippen molar-refractivity contribution in [3.05, 3.63) is 71.3 Å². The number of esters is 1. The fourth-order valence-electron chi connectivity index (χ4n) is 3.20. The number of nitrogens with one attached hydrogen (secondary N) is 1. The lowest BCUT2D eigenvalue weighted by Crippen LogP contribution is -2.51. The lowest BCUT2D eigenvalue weighted by Gasteiger charge is -2.34. The summed E-state index contributed by atoms with van der Waals surface area (Å²) < 4.78 is 4.74. The Morgan fingerprint density at radius 1 is 1.12 bits per heavy atom. The average molecular weight is 324 g/mol. The topological polar surface area (TPSA) is 41.6 Å². The lowest BCUT2D eigenvalue weighted by molar-refractivity contribution is 0.0600. The number of nitrogens with zero attached hydrogens (tertiary/aromatic N) is 1. The molecule has 4 heteroatoms. The molecule has 1 aliphatic rings. The quantitative estimate of drug-likeness (QED) is 0.858. The number of methoxy groups -OCH3 is 1. The van der Waals surface area contributed by atoms with Crippen molar-refractivity contribution in [2.24, 2.45) is 0 Å². The maximum Gasteiger partial charge on any atom is 0.337 e. The third-order valence-corrected chi connectivity index (χ3v) is 4.45. The number of hydrogen-bond donors (Lipinski definition) is 1. The highest BCUT2D eigenvalue weighted by molar-refractivity contribution is 5.89. The van der Waals surface area contributed by atoms with E-state index in [1.807, 2.05) is 24.3 Å². The molecule has 0 amide bonds. The van der Waals surface area contributed by atoms with Gasteiger partial charge in [-0.1, -0.05) is 42.5 Å². The van der Waals surface area contributed by atoms with Crippen LogP contribution in [0.1, 0.15) is 21.5 Å². The minimum absolute atomic E-state index is 0.286. The Kier molecular flexibility index (Phi) is 5.62. The van der Waals surface area contributed by atoms with Crippen molar-refractivity contribution in [3.63, 3.8) is 0 Å². The van der Waals surface area contributed by atoms with Gasteiger partial charge in [-0.3, -0.25) is 4.90 Å². The van der Waals surface area contributed by atoms with E-state index >= 15 is 0 Å². The Morgan fingerprint density at radius 2 is 1.88 bits per heavy atom. The monoisotopic (exact) mass is 324 g/mol. The fraction of sp³-hybridized carbons (Fsp3) is 0.350. The summed E-state index contributed by atoms with van der Waals surface area (Å²) in [6.45, 7) is 4.00. The van der Waals surface area contributed by atoms with E-state index in [2.05, 4.69) is 40.5 Å². The zero-order valence-corrected chi connectivity index (χ0v) is 14.1. The van der Waals surface area contributed by atoms with Gasteiger partial charge in [0.15, 0.2) is 0 Å². The van der Waals surface area contributed by atoms with E-state index in [1.54, 1.807) is 0 Å². The zero-order valence-electron chi connectivity index (χ0n) is 14.1. The zero-order chi connectivity index (χ0) is 16.8. The van der Waals surface area contributed by atoms with Gasteiger partial charge >= 0.3 is 5.97 Å².